The summed E-state index contributed by atoms with van der Waals surface area (Å²) in [5.74, 6) is -2.76. The second-order valence-electron chi connectivity index (χ2n) is 8.86. The maximum atomic E-state index is 12.6. The van der Waals surface area contributed by atoms with Crippen LogP contribution in [0, 0.1) is 7.14 Å². The van der Waals surface area contributed by atoms with Crippen LogP contribution >= 0.6 is 91.6 Å². The third kappa shape index (κ3) is 17.6. The monoisotopic (exact) mass is 976 g/mol. The van der Waals surface area contributed by atoms with E-state index < -0.39 is 50.8 Å². The average molecular weight is 978 g/mol. The first-order valence-electron chi connectivity index (χ1n) is 13.7. The van der Waals surface area contributed by atoms with Gasteiger partial charge in [0.05, 0.1) is 13.2 Å². The smallest absolute Gasteiger partial charge is 0.341 e. The molecule has 0 aliphatic rings. The number of nitrogens with zero attached hydrogens (tertiary/aromatic N) is 1. The first-order valence-corrected chi connectivity index (χ1v) is 17.6. The van der Waals surface area contributed by atoms with Crippen LogP contribution in [0.4, 0.5) is 0 Å². The molecule has 268 valence electrons. The second-order valence-corrected chi connectivity index (χ2v) is 13.7. The molecular formula is C30H38Cl4I2N4O8. The van der Waals surface area contributed by atoms with Crippen LogP contribution in [-0.2, 0) is 28.7 Å². The fraction of sp³-hybridized carbons (Fsp3) is 0.400. The number of halogens is 6. The summed E-state index contributed by atoms with van der Waals surface area (Å²) in [6.07, 6.45) is 0. The average Bonchev–Trinajstić information content (AvgIpc) is 3.04. The molecule has 18 heteroatoms. The van der Waals surface area contributed by atoms with Gasteiger partial charge in [0.2, 0.25) is 11.4 Å². The third-order valence-corrected chi connectivity index (χ3v) is 7.46. The summed E-state index contributed by atoms with van der Waals surface area (Å²) in [4.78, 5) is 70.6. The third-order valence-electron chi connectivity index (χ3n) is 5.80. The molecule has 2 unspecified atom stereocenters. The van der Waals surface area contributed by atoms with Crippen molar-refractivity contribution in [2.24, 2.45) is 0 Å². The van der Waals surface area contributed by atoms with E-state index in [4.69, 9.17) is 51.1 Å². The summed E-state index contributed by atoms with van der Waals surface area (Å²) in [6, 6.07) is 13.0. The standard InChI is InChI=1S/C15H19IN2O4.C7H4ClIO.C7H14N2O3.CHCl3/c1-5-22-14(21)15(2,13(20)17-3)18(4)12(19)10-6-8-11(16)9-7-10;8-7(10)5-1-3-6(9)4-2-5;1-4-12-7(11)5(8-2)6(10)9-3;2-1(3)4/h6-9H,5H2,1-4H3,(H,17,20);1-4H;5,8H,4H2,1-3H3,(H,9,10);1H. The zero-order valence-corrected chi connectivity index (χ0v) is 34.5. The van der Waals surface area contributed by atoms with Crippen LogP contribution in [0.3, 0.4) is 0 Å². The van der Waals surface area contributed by atoms with Crippen LogP contribution in [0.25, 0.3) is 0 Å². The van der Waals surface area contributed by atoms with Gasteiger partial charge in [-0.1, -0.05) is 34.8 Å². The van der Waals surface area contributed by atoms with E-state index in [1.165, 1.54) is 35.1 Å². The maximum Gasteiger partial charge on any atom is 0.341 e. The van der Waals surface area contributed by atoms with Crippen molar-refractivity contribution in [2.75, 3.05) is 41.4 Å². The number of carbonyl (C=O) groups excluding carboxylic acids is 6. The van der Waals surface area contributed by atoms with E-state index in [0.29, 0.717) is 11.1 Å². The molecule has 0 radical (unpaired) electrons. The van der Waals surface area contributed by atoms with Crippen molar-refractivity contribution in [3.8, 4) is 0 Å². The number of rotatable bonds is 10. The van der Waals surface area contributed by atoms with Gasteiger partial charge < -0.3 is 25.0 Å². The normalized spacial score (nSPS) is 11.6. The fourth-order valence-electron chi connectivity index (χ4n) is 3.19. The van der Waals surface area contributed by atoms with Gasteiger partial charge in [-0.25, -0.2) is 9.59 Å². The molecule has 2 aromatic rings. The fourth-order valence-corrected chi connectivity index (χ4v) is 4.04. The summed E-state index contributed by atoms with van der Waals surface area (Å²) in [5.41, 5.74) is -0.797. The van der Waals surface area contributed by atoms with Crippen LogP contribution in [0.5, 0.6) is 0 Å². The second kappa shape index (κ2) is 25.9. The highest BCUT2D eigenvalue weighted by atomic mass is 127. The van der Waals surface area contributed by atoms with Crippen LogP contribution < -0.4 is 16.0 Å². The highest BCUT2D eigenvalue weighted by molar-refractivity contribution is 14.1. The lowest BCUT2D eigenvalue weighted by atomic mass is 9.98. The number of ether oxygens (including phenoxy) is 2. The van der Waals surface area contributed by atoms with Crippen molar-refractivity contribution in [3.05, 3.63) is 66.8 Å². The molecule has 0 heterocycles. The summed E-state index contributed by atoms with van der Waals surface area (Å²) in [7, 11) is 5.80. The summed E-state index contributed by atoms with van der Waals surface area (Å²) < 4.78 is 10.9. The molecule has 0 spiro atoms. The van der Waals surface area contributed by atoms with Gasteiger partial charge in [-0.2, -0.15) is 0 Å². The van der Waals surface area contributed by atoms with Gasteiger partial charge in [0.25, 0.3) is 17.1 Å². The zero-order valence-electron chi connectivity index (χ0n) is 27.2. The minimum absolute atomic E-state index is 0.122. The van der Waals surface area contributed by atoms with Gasteiger partial charge in [0, 0.05) is 39.4 Å². The van der Waals surface area contributed by atoms with E-state index in [0.717, 1.165) is 12.0 Å². The quantitative estimate of drug-likeness (QED) is 0.0983. The highest BCUT2D eigenvalue weighted by Crippen LogP contribution is 2.20. The predicted molar refractivity (Wildman–Crippen MR) is 205 cm³/mol. The zero-order chi connectivity index (χ0) is 37.6. The number of carbonyl (C=O) groups is 6. The Labute approximate surface area is 327 Å². The number of amides is 3. The maximum absolute atomic E-state index is 12.6. The molecule has 3 amide bonds. The molecule has 12 nitrogen and oxygen atoms in total. The molecule has 2 atom stereocenters. The molecule has 48 heavy (non-hydrogen) atoms. The Balaban J connectivity index is 0. The SMILES string of the molecule is CCOC(=O)C(C)(C(=O)NC)N(C)C(=O)c1ccc(I)cc1.CCOC(=O)C(NC)C(=O)NC.ClC(Cl)Cl.O=C(Cl)c1ccc(I)cc1. The van der Waals surface area contributed by atoms with Gasteiger partial charge in [-0.3, -0.25) is 24.5 Å². The lowest BCUT2D eigenvalue weighted by Crippen LogP contribution is -2.62. The Morgan fingerprint density at radius 1 is 0.792 bits per heavy atom. The first kappa shape index (κ1) is 48.2. The lowest BCUT2D eigenvalue weighted by molar-refractivity contribution is -0.160. The Bertz CT molecular complexity index is 1340. The van der Waals surface area contributed by atoms with Gasteiger partial charge in [0.1, 0.15) is 0 Å². The number of nitrogens with one attached hydrogen (secondary N) is 3. The van der Waals surface area contributed by atoms with Crippen LogP contribution in [-0.4, -0.2) is 97.1 Å². The molecule has 0 bridgehead atoms. The Kier molecular flexibility index (Phi) is 26.0. The highest BCUT2D eigenvalue weighted by Gasteiger charge is 2.48. The number of hydrogen-bond donors (Lipinski definition) is 3. The Morgan fingerprint density at radius 2 is 1.21 bits per heavy atom. The van der Waals surface area contributed by atoms with E-state index in [9.17, 15) is 28.8 Å². The topological polar surface area (TPSA) is 160 Å². The number of hydrogen-bond acceptors (Lipinski definition) is 9. The van der Waals surface area contributed by atoms with Crippen molar-refractivity contribution in [1.82, 2.24) is 20.9 Å². The van der Waals surface area contributed by atoms with Crippen LogP contribution in [0.15, 0.2) is 48.5 Å². The summed E-state index contributed by atoms with van der Waals surface area (Å²) in [5, 5.41) is 6.90. The number of likely N-dealkylation sites (N-methyl/N-ethyl adjacent to an activating group) is 4. The molecule has 0 aliphatic carbocycles. The molecule has 2 aromatic carbocycles. The Hall–Kier alpha value is -1.96. The van der Waals surface area contributed by atoms with Crippen LogP contribution in [0.1, 0.15) is 41.5 Å². The van der Waals surface area contributed by atoms with Crippen molar-refractivity contribution >= 4 is 126 Å². The minimum atomic E-state index is -1.73. The minimum Gasteiger partial charge on any atom is -0.464 e. The summed E-state index contributed by atoms with van der Waals surface area (Å²) in [6.45, 7) is 5.09. The molecule has 0 aliphatic heterocycles. The van der Waals surface area contributed by atoms with Crippen molar-refractivity contribution in [3.63, 3.8) is 0 Å². The van der Waals surface area contributed by atoms with Gasteiger partial charge in [-0.05, 0) is 133 Å². The molecule has 2 rings (SSSR count). The largest absolute Gasteiger partial charge is 0.464 e. The van der Waals surface area contributed by atoms with Gasteiger partial charge in [-0.15, -0.1) is 0 Å². The number of benzene rings is 2. The Morgan fingerprint density at radius 3 is 1.54 bits per heavy atom. The van der Waals surface area contributed by atoms with E-state index in [1.54, 1.807) is 50.2 Å². The lowest BCUT2D eigenvalue weighted by Gasteiger charge is -2.34. The molecule has 0 saturated heterocycles. The van der Waals surface area contributed by atoms with Crippen molar-refractivity contribution < 1.29 is 38.2 Å². The van der Waals surface area contributed by atoms with Gasteiger partial charge >= 0.3 is 11.9 Å². The molecule has 0 saturated carbocycles. The number of esters is 2. The van der Waals surface area contributed by atoms with Crippen molar-refractivity contribution in [1.29, 1.82) is 0 Å². The van der Waals surface area contributed by atoms with Gasteiger partial charge in [0.15, 0.2) is 10.3 Å². The first-order chi connectivity index (χ1) is 22.4. The van der Waals surface area contributed by atoms with E-state index in [-0.39, 0.29) is 13.2 Å². The van der Waals surface area contributed by atoms with Crippen molar-refractivity contribution in [2.45, 2.75) is 36.6 Å². The molecular weight excluding hydrogens is 940 g/mol. The summed E-state index contributed by atoms with van der Waals surface area (Å²) >= 11 is 23.9. The van der Waals surface area contributed by atoms with E-state index >= 15 is 0 Å². The molecule has 0 aromatic heterocycles. The number of alkyl halides is 3. The predicted octanol–water partition coefficient (Wildman–Crippen LogP) is 4.97. The van der Waals surface area contributed by atoms with E-state index in [2.05, 4.69) is 65.9 Å². The molecule has 3 N–H and O–H groups in total. The van der Waals surface area contributed by atoms with E-state index in [1.807, 2.05) is 12.1 Å². The molecule has 0 fully saturated rings. The van der Waals surface area contributed by atoms with Crippen LogP contribution in [0.2, 0.25) is 0 Å².